The Kier molecular flexibility index (Phi) is 3.47. The highest BCUT2D eigenvalue weighted by molar-refractivity contribution is 9.10. The van der Waals surface area contributed by atoms with Gasteiger partial charge in [-0.3, -0.25) is 0 Å². The fourth-order valence-electron chi connectivity index (χ4n) is 1.66. The second-order valence-electron chi connectivity index (χ2n) is 3.69. The SMILES string of the molecule is Fc1cnc(Br)c2sc(-c3c(Cl)cccc3Cl)nc12. The number of fused-ring (bicyclic) bond motifs is 1. The summed E-state index contributed by atoms with van der Waals surface area (Å²) in [5.74, 6) is -0.469. The third-order valence-corrected chi connectivity index (χ3v) is 5.08. The fraction of sp³-hybridized carbons (Fsp3) is 0. The minimum atomic E-state index is -0.469. The van der Waals surface area contributed by atoms with Crippen molar-refractivity contribution >= 4 is 60.7 Å². The van der Waals surface area contributed by atoms with E-state index in [9.17, 15) is 4.39 Å². The molecule has 0 spiro atoms. The first-order valence-corrected chi connectivity index (χ1v) is 7.49. The first-order valence-electron chi connectivity index (χ1n) is 5.13. The zero-order valence-electron chi connectivity index (χ0n) is 9.12. The van der Waals surface area contributed by atoms with Crippen LogP contribution in [0.2, 0.25) is 10.0 Å². The van der Waals surface area contributed by atoms with E-state index in [1.807, 2.05) is 0 Å². The van der Waals surface area contributed by atoms with Crippen LogP contribution in [-0.2, 0) is 0 Å². The molecule has 0 radical (unpaired) electrons. The Morgan fingerprint density at radius 3 is 2.53 bits per heavy atom. The molecule has 3 aromatic rings. The molecule has 0 aliphatic carbocycles. The van der Waals surface area contributed by atoms with Crippen molar-refractivity contribution in [1.82, 2.24) is 9.97 Å². The lowest BCUT2D eigenvalue weighted by atomic mass is 10.2. The number of hydrogen-bond acceptors (Lipinski definition) is 3. The summed E-state index contributed by atoms with van der Waals surface area (Å²) in [5.41, 5.74) is 0.871. The molecule has 0 bridgehead atoms. The lowest BCUT2D eigenvalue weighted by Crippen LogP contribution is -1.83. The molecule has 7 heteroatoms. The molecule has 2 heterocycles. The largest absolute Gasteiger partial charge is 0.245 e. The Hall–Kier alpha value is -0.750. The maximum absolute atomic E-state index is 13.7. The average Bonchev–Trinajstić information content (AvgIpc) is 2.80. The van der Waals surface area contributed by atoms with Gasteiger partial charge in [-0.05, 0) is 28.1 Å². The minimum Gasteiger partial charge on any atom is -0.245 e. The summed E-state index contributed by atoms with van der Waals surface area (Å²) in [6.45, 7) is 0. The number of nitrogens with zero attached hydrogens (tertiary/aromatic N) is 2. The number of hydrogen-bond donors (Lipinski definition) is 0. The van der Waals surface area contributed by atoms with Crippen LogP contribution in [0.1, 0.15) is 0 Å². The van der Waals surface area contributed by atoms with Gasteiger partial charge in [0.1, 0.15) is 15.1 Å². The number of benzene rings is 1. The van der Waals surface area contributed by atoms with Gasteiger partial charge in [0.05, 0.1) is 20.9 Å². The molecule has 0 saturated carbocycles. The normalized spacial score (nSPS) is 11.2. The van der Waals surface area contributed by atoms with Crippen molar-refractivity contribution in [1.29, 1.82) is 0 Å². The second-order valence-corrected chi connectivity index (χ2v) is 6.25. The molecule has 19 heavy (non-hydrogen) atoms. The molecule has 0 aliphatic heterocycles. The number of pyridine rings is 1. The molecule has 0 aliphatic rings. The van der Waals surface area contributed by atoms with Crippen molar-refractivity contribution in [2.75, 3.05) is 0 Å². The lowest BCUT2D eigenvalue weighted by molar-refractivity contribution is 0.631. The van der Waals surface area contributed by atoms with Gasteiger partial charge in [0.15, 0.2) is 5.82 Å². The smallest absolute Gasteiger partial charge is 0.168 e. The van der Waals surface area contributed by atoms with Gasteiger partial charge in [0, 0.05) is 5.56 Å². The standard InChI is InChI=1S/C12H4BrCl2FN2S/c13-11-10-9(7(16)4-17-11)18-12(19-10)8-5(14)2-1-3-6(8)15/h1-4H. The van der Waals surface area contributed by atoms with Crippen LogP contribution >= 0.6 is 50.5 Å². The summed E-state index contributed by atoms with van der Waals surface area (Å²) in [4.78, 5) is 8.17. The quantitative estimate of drug-likeness (QED) is 0.518. The van der Waals surface area contributed by atoms with Crippen LogP contribution in [0.5, 0.6) is 0 Å². The summed E-state index contributed by atoms with van der Waals surface area (Å²) in [6.07, 6.45) is 1.13. The van der Waals surface area contributed by atoms with E-state index in [0.29, 0.717) is 29.9 Å². The van der Waals surface area contributed by atoms with Crippen LogP contribution < -0.4 is 0 Å². The molecule has 0 saturated heterocycles. The predicted octanol–water partition coefficient (Wildman–Crippen LogP) is 5.57. The molecule has 3 rings (SSSR count). The molecule has 96 valence electrons. The fourth-order valence-corrected chi connectivity index (χ4v) is 3.91. The lowest BCUT2D eigenvalue weighted by Gasteiger charge is -2.01. The number of thiazole rings is 1. The van der Waals surface area contributed by atoms with E-state index in [2.05, 4.69) is 25.9 Å². The van der Waals surface area contributed by atoms with E-state index in [1.165, 1.54) is 11.3 Å². The van der Waals surface area contributed by atoms with Gasteiger partial charge in [-0.2, -0.15) is 0 Å². The van der Waals surface area contributed by atoms with Crippen molar-refractivity contribution in [3.05, 3.63) is 44.9 Å². The highest BCUT2D eigenvalue weighted by Crippen LogP contribution is 2.40. The zero-order valence-corrected chi connectivity index (χ0v) is 13.0. The summed E-state index contributed by atoms with van der Waals surface area (Å²) < 4.78 is 14.9. The van der Waals surface area contributed by atoms with E-state index in [-0.39, 0.29) is 5.52 Å². The van der Waals surface area contributed by atoms with Crippen LogP contribution in [0.4, 0.5) is 4.39 Å². The van der Waals surface area contributed by atoms with Gasteiger partial charge >= 0.3 is 0 Å². The van der Waals surface area contributed by atoms with Crippen LogP contribution in [0.25, 0.3) is 20.8 Å². The van der Waals surface area contributed by atoms with Gasteiger partial charge in [-0.1, -0.05) is 29.3 Å². The molecule has 2 nitrogen and oxygen atoms in total. The van der Waals surface area contributed by atoms with Gasteiger partial charge in [0.25, 0.3) is 0 Å². The van der Waals surface area contributed by atoms with Gasteiger partial charge in [-0.25, -0.2) is 14.4 Å². The second kappa shape index (κ2) is 4.98. The summed E-state index contributed by atoms with van der Waals surface area (Å²) >= 11 is 16.8. The number of rotatable bonds is 1. The molecule has 0 N–H and O–H groups in total. The topological polar surface area (TPSA) is 25.8 Å². The van der Waals surface area contributed by atoms with Crippen molar-refractivity contribution in [2.24, 2.45) is 0 Å². The van der Waals surface area contributed by atoms with Crippen molar-refractivity contribution in [3.63, 3.8) is 0 Å². The van der Waals surface area contributed by atoms with Gasteiger partial charge < -0.3 is 0 Å². The third kappa shape index (κ3) is 2.25. The molecule has 0 atom stereocenters. The maximum atomic E-state index is 13.7. The third-order valence-electron chi connectivity index (χ3n) is 2.51. The van der Waals surface area contributed by atoms with Gasteiger partial charge in [0.2, 0.25) is 0 Å². The molecule has 1 aromatic carbocycles. The van der Waals surface area contributed by atoms with Crippen LogP contribution in [0, 0.1) is 5.82 Å². The van der Waals surface area contributed by atoms with E-state index < -0.39 is 5.82 Å². The predicted molar refractivity (Wildman–Crippen MR) is 80.5 cm³/mol. The van der Waals surface area contributed by atoms with Crippen LogP contribution in [-0.4, -0.2) is 9.97 Å². The molecular weight excluding hydrogens is 374 g/mol. The highest BCUT2D eigenvalue weighted by Gasteiger charge is 2.17. The number of aromatic nitrogens is 2. The Balaban J connectivity index is 2.33. The zero-order chi connectivity index (χ0) is 13.6. The molecule has 2 aromatic heterocycles. The summed E-state index contributed by atoms with van der Waals surface area (Å²) in [5, 5.41) is 1.53. The Morgan fingerprint density at radius 1 is 1.21 bits per heavy atom. The molecule has 0 amide bonds. The van der Waals surface area contributed by atoms with E-state index >= 15 is 0 Å². The van der Waals surface area contributed by atoms with E-state index in [0.717, 1.165) is 6.20 Å². The Labute approximate surface area is 130 Å². The monoisotopic (exact) mass is 376 g/mol. The van der Waals surface area contributed by atoms with Crippen LogP contribution in [0.15, 0.2) is 29.0 Å². The minimum absolute atomic E-state index is 0.262. The highest BCUT2D eigenvalue weighted by atomic mass is 79.9. The van der Waals surface area contributed by atoms with Crippen LogP contribution in [0.3, 0.4) is 0 Å². The average molecular weight is 378 g/mol. The molecule has 0 unspecified atom stereocenters. The number of halogens is 4. The first kappa shape index (κ1) is 13.2. The first-order chi connectivity index (χ1) is 9.08. The Morgan fingerprint density at radius 2 is 1.89 bits per heavy atom. The maximum Gasteiger partial charge on any atom is 0.168 e. The van der Waals surface area contributed by atoms with Gasteiger partial charge in [-0.15, -0.1) is 11.3 Å². The summed E-state index contributed by atoms with van der Waals surface area (Å²) in [6, 6.07) is 5.19. The Bertz CT molecular complexity index is 731. The molecule has 0 fully saturated rings. The van der Waals surface area contributed by atoms with Crippen molar-refractivity contribution in [3.8, 4) is 10.6 Å². The van der Waals surface area contributed by atoms with E-state index in [1.54, 1.807) is 18.2 Å². The van der Waals surface area contributed by atoms with Crippen molar-refractivity contribution < 1.29 is 4.39 Å². The summed E-state index contributed by atoms with van der Waals surface area (Å²) in [7, 11) is 0. The molecular formula is C12H4BrCl2FN2S. The van der Waals surface area contributed by atoms with Crippen molar-refractivity contribution in [2.45, 2.75) is 0 Å². The van der Waals surface area contributed by atoms with E-state index in [4.69, 9.17) is 23.2 Å².